The van der Waals surface area contributed by atoms with Gasteiger partial charge in [-0.05, 0) is 62.5 Å². The third kappa shape index (κ3) is 4.34. The number of carbonyl (C=O) groups excluding carboxylic acids is 3. The first-order valence-corrected chi connectivity index (χ1v) is 10.4. The Morgan fingerprint density at radius 3 is 2.76 bits per heavy atom. The fraction of sp³-hybridized carbons (Fsp3) is 0.571. The number of benzene rings is 1. The lowest BCUT2D eigenvalue weighted by atomic mass is 9.89. The first kappa shape index (κ1) is 20.0. The quantitative estimate of drug-likeness (QED) is 0.397. The minimum atomic E-state index is -0.583. The molecule has 1 unspecified atom stereocenters. The molecule has 3 aliphatic heterocycles. The molecule has 8 nitrogen and oxygen atoms in total. The van der Waals surface area contributed by atoms with E-state index < -0.39 is 11.6 Å². The van der Waals surface area contributed by atoms with Crippen molar-refractivity contribution in [2.75, 3.05) is 19.6 Å². The highest BCUT2D eigenvalue weighted by Crippen LogP contribution is 2.28. The van der Waals surface area contributed by atoms with Crippen LogP contribution in [0.1, 0.15) is 53.6 Å². The maximum absolute atomic E-state index is 12.7. The fourth-order valence-electron chi connectivity index (χ4n) is 4.43. The van der Waals surface area contributed by atoms with Crippen LogP contribution in [0, 0.1) is 0 Å². The molecule has 0 bridgehead atoms. The van der Waals surface area contributed by atoms with Gasteiger partial charge in [-0.2, -0.15) is 0 Å². The van der Waals surface area contributed by atoms with Crippen LogP contribution in [-0.4, -0.2) is 59.0 Å². The Hall–Kier alpha value is -2.29. The topological polar surface area (TPSA) is 111 Å². The number of aliphatic hydroxyl groups is 1. The standard InChI is InChI=1S/C21H28N4O4/c26-18-4-3-17(19(27)24-18)25-13-15-11-14(1-2-16(15)20(25)28)12-23-10-7-21(29)5-8-22-9-6-21/h1-2,11,17,22-23,29H,3-10,12-13H2,(H,24,26,27). The number of hydrogen-bond donors (Lipinski definition) is 4. The van der Waals surface area contributed by atoms with Crippen LogP contribution in [0.15, 0.2) is 18.2 Å². The minimum Gasteiger partial charge on any atom is -0.390 e. The number of hydrogen-bond acceptors (Lipinski definition) is 6. The molecular weight excluding hydrogens is 372 g/mol. The van der Waals surface area contributed by atoms with Crippen LogP contribution in [-0.2, 0) is 22.7 Å². The summed E-state index contributed by atoms with van der Waals surface area (Å²) in [5.41, 5.74) is 2.03. The van der Waals surface area contributed by atoms with E-state index in [0.29, 0.717) is 25.1 Å². The summed E-state index contributed by atoms with van der Waals surface area (Å²) in [6.45, 7) is 3.50. The van der Waals surface area contributed by atoms with E-state index in [-0.39, 0.29) is 24.1 Å². The summed E-state index contributed by atoms with van der Waals surface area (Å²) in [5, 5.41) is 19.5. The zero-order valence-corrected chi connectivity index (χ0v) is 16.5. The number of rotatable bonds is 6. The summed E-state index contributed by atoms with van der Waals surface area (Å²) < 4.78 is 0. The first-order chi connectivity index (χ1) is 14.0. The van der Waals surface area contributed by atoms with Gasteiger partial charge in [-0.15, -0.1) is 0 Å². The van der Waals surface area contributed by atoms with E-state index in [0.717, 1.165) is 50.0 Å². The van der Waals surface area contributed by atoms with E-state index >= 15 is 0 Å². The van der Waals surface area contributed by atoms with E-state index in [1.807, 2.05) is 18.2 Å². The summed E-state index contributed by atoms with van der Waals surface area (Å²) in [7, 11) is 0. The van der Waals surface area contributed by atoms with Crippen LogP contribution in [0.3, 0.4) is 0 Å². The molecule has 4 rings (SSSR count). The Kier molecular flexibility index (Phi) is 5.67. The molecule has 3 aliphatic rings. The van der Waals surface area contributed by atoms with Gasteiger partial charge in [-0.1, -0.05) is 12.1 Å². The van der Waals surface area contributed by atoms with Crippen molar-refractivity contribution in [1.29, 1.82) is 0 Å². The summed E-state index contributed by atoms with van der Waals surface area (Å²) in [5.74, 6) is -0.819. The maximum atomic E-state index is 12.7. The van der Waals surface area contributed by atoms with E-state index in [2.05, 4.69) is 16.0 Å². The number of fused-ring (bicyclic) bond motifs is 1. The second kappa shape index (κ2) is 8.22. The summed E-state index contributed by atoms with van der Waals surface area (Å²) >= 11 is 0. The average molecular weight is 400 g/mol. The lowest BCUT2D eigenvalue weighted by molar-refractivity contribution is -0.136. The summed E-state index contributed by atoms with van der Waals surface area (Å²) in [4.78, 5) is 37.8. The van der Waals surface area contributed by atoms with Crippen LogP contribution >= 0.6 is 0 Å². The summed E-state index contributed by atoms with van der Waals surface area (Å²) in [6.07, 6.45) is 2.92. The third-order valence-corrected chi connectivity index (χ3v) is 6.22. The molecule has 1 aromatic carbocycles. The molecule has 156 valence electrons. The van der Waals surface area contributed by atoms with Crippen molar-refractivity contribution in [3.8, 4) is 0 Å². The average Bonchev–Trinajstić information content (AvgIpc) is 3.02. The lowest BCUT2D eigenvalue weighted by Gasteiger charge is -2.32. The number of imide groups is 1. The number of amides is 3. The molecule has 3 heterocycles. The van der Waals surface area contributed by atoms with Crippen LogP contribution < -0.4 is 16.0 Å². The van der Waals surface area contributed by atoms with Gasteiger partial charge < -0.3 is 20.6 Å². The largest absolute Gasteiger partial charge is 0.390 e. The van der Waals surface area contributed by atoms with Gasteiger partial charge >= 0.3 is 0 Å². The Morgan fingerprint density at radius 1 is 1.21 bits per heavy atom. The Morgan fingerprint density at radius 2 is 2.00 bits per heavy atom. The van der Waals surface area contributed by atoms with Crippen LogP contribution in [0.5, 0.6) is 0 Å². The van der Waals surface area contributed by atoms with E-state index in [4.69, 9.17) is 0 Å². The van der Waals surface area contributed by atoms with Crippen LogP contribution in [0.4, 0.5) is 0 Å². The highest BCUT2D eigenvalue weighted by molar-refractivity contribution is 6.05. The predicted octanol–water partition coefficient (Wildman–Crippen LogP) is 0.0418. The molecule has 1 atom stereocenters. The van der Waals surface area contributed by atoms with Crippen LogP contribution in [0.25, 0.3) is 0 Å². The predicted molar refractivity (Wildman–Crippen MR) is 106 cm³/mol. The molecule has 2 saturated heterocycles. The maximum Gasteiger partial charge on any atom is 0.255 e. The monoisotopic (exact) mass is 400 g/mol. The third-order valence-electron chi connectivity index (χ3n) is 6.22. The van der Waals surface area contributed by atoms with Gasteiger partial charge in [0.05, 0.1) is 5.60 Å². The highest BCUT2D eigenvalue weighted by atomic mass is 16.3. The fourth-order valence-corrected chi connectivity index (χ4v) is 4.43. The molecule has 1 aromatic rings. The number of carbonyl (C=O) groups is 3. The molecule has 2 fully saturated rings. The van der Waals surface area contributed by atoms with Gasteiger partial charge in [0.1, 0.15) is 6.04 Å². The SMILES string of the molecule is O=C1CCC(N2Cc3cc(CNCCC4(O)CCNCC4)ccc3C2=O)C(=O)N1. The Bertz CT molecular complexity index is 819. The molecular formula is C21H28N4O4. The molecule has 4 N–H and O–H groups in total. The van der Waals surface area contributed by atoms with Crippen molar-refractivity contribution in [1.82, 2.24) is 20.9 Å². The molecule has 3 amide bonds. The van der Waals surface area contributed by atoms with Gasteiger partial charge in [0.25, 0.3) is 5.91 Å². The molecule has 0 saturated carbocycles. The van der Waals surface area contributed by atoms with Crippen molar-refractivity contribution in [3.05, 3.63) is 34.9 Å². The van der Waals surface area contributed by atoms with Crippen molar-refractivity contribution >= 4 is 17.7 Å². The van der Waals surface area contributed by atoms with Gasteiger partial charge in [0.15, 0.2) is 0 Å². The highest BCUT2D eigenvalue weighted by Gasteiger charge is 2.39. The molecule has 8 heteroatoms. The smallest absolute Gasteiger partial charge is 0.255 e. The molecule has 0 radical (unpaired) electrons. The zero-order valence-electron chi connectivity index (χ0n) is 16.5. The van der Waals surface area contributed by atoms with Crippen molar-refractivity contribution < 1.29 is 19.5 Å². The van der Waals surface area contributed by atoms with Gasteiger partial charge in [0.2, 0.25) is 11.8 Å². The number of nitrogens with one attached hydrogen (secondary N) is 3. The number of nitrogens with zero attached hydrogens (tertiary/aromatic N) is 1. The lowest BCUT2D eigenvalue weighted by Crippen LogP contribution is -2.52. The molecule has 0 aliphatic carbocycles. The van der Waals surface area contributed by atoms with Crippen molar-refractivity contribution in [3.63, 3.8) is 0 Å². The zero-order chi connectivity index (χ0) is 20.4. The second-order valence-corrected chi connectivity index (χ2v) is 8.29. The van der Waals surface area contributed by atoms with Gasteiger partial charge in [0, 0.05) is 25.1 Å². The normalized spacial score (nSPS) is 23.8. The molecule has 0 spiro atoms. The Balaban J connectivity index is 1.32. The minimum absolute atomic E-state index is 0.151. The molecule has 29 heavy (non-hydrogen) atoms. The summed E-state index contributed by atoms with van der Waals surface area (Å²) in [6, 6.07) is 5.17. The second-order valence-electron chi connectivity index (χ2n) is 8.29. The van der Waals surface area contributed by atoms with Crippen molar-refractivity contribution in [2.24, 2.45) is 0 Å². The number of piperidine rings is 2. The first-order valence-electron chi connectivity index (χ1n) is 10.4. The van der Waals surface area contributed by atoms with Gasteiger partial charge in [-0.3, -0.25) is 19.7 Å². The van der Waals surface area contributed by atoms with E-state index in [9.17, 15) is 19.5 Å². The van der Waals surface area contributed by atoms with E-state index in [1.165, 1.54) is 0 Å². The van der Waals surface area contributed by atoms with Gasteiger partial charge in [-0.25, -0.2) is 0 Å². The Labute approximate surface area is 170 Å². The van der Waals surface area contributed by atoms with Crippen molar-refractivity contribution in [2.45, 2.75) is 56.8 Å². The van der Waals surface area contributed by atoms with E-state index in [1.54, 1.807) is 4.90 Å². The van der Waals surface area contributed by atoms with Crippen LogP contribution in [0.2, 0.25) is 0 Å². The molecule has 0 aromatic heterocycles.